The second-order valence-electron chi connectivity index (χ2n) is 18.8. The predicted molar refractivity (Wildman–Crippen MR) is 295 cm³/mol. The third-order valence-electron chi connectivity index (χ3n) is 14.5. The van der Waals surface area contributed by atoms with Crippen molar-refractivity contribution in [2.24, 2.45) is 0 Å². The lowest BCUT2D eigenvalue weighted by Crippen LogP contribution is -2.23. The number of pyridine rings is 1. The highest BCUT2D eigenvalue weighted by molar-refractivity contribution is 6.13. The number of anilines is 4. The smallest absolute Gasteiger partial charge is 0.139 e. The average Bonchev–Trinajstić information content (AvgIpc) is 4.15. The largest absolute Gasteiger partial charge is 0.457 e. The summed E-state index contributed by atoms with van der Waals surface area (Å²) in [5.74, 6) is 2.33. The number of rotatable bonds is 8. The molecule has 0 atom stereocenters. The molecule has 0 bridgehead atoms. The summed E-state index contributed by atoms with van der Waals surface area (Å²) < 4.78 is 13.9. The van der Waals surface area contributed by atoms with Crippen LogP contribution >= 0.6 is 0 Å². The Labute approximate surface area is 410 Å². The number of aromatic nitrogens is 4. The van der Waals surface area contributed by atoms with E-state index in [1.54, 1.807) is 0 Å². The molecule has 0 spiro atoms. The minimum atomic E-state index is 0.748. The molecule has 9 aromatic carbocycles. The van der Waals surface area contributed by atoms with E-state index in [-0.39, 0.29) is 0 Å². The zero-order chi connectivity index (χ0) is 47.3. The zero-order valence-electron chi connectivity index (χ0n) is 39.5. The zero-order valence-corrected chi connectivity index (χ0v) is 39.5. The first-order chi connectivity index (χ1) is 35.0. The Hall–Kier alpha value is -9.27. The van der Waals surface area contributed by atoms with E-state index in [1.165, 1.54) is 32.9 Å². The van der Waals surface area contributed by atoms with E-state index < -0.39 is 0 Å². The second-order valence-corrected chi connectivity index (χ2v) is 18.8. The van der Waals surface area contributed by atoms with Gasteiger partial charge >= 0.3 is 0 Å². The molecule has 0 saturated carbocycles. The van der Waals surface area contributed by atoms with Crippen molar-refractivity contribution < 1.29 is 4.74 Å². The minimum Gasteiger partial charge on any atom is -0.457 e. The number of hydrogen-bond acceptors (Lipinski definition) is 5. The maximum absolute atomic E-state index is 6.76. The van der Waals surface area contributed by atoms with E-state index in [2.05, 4.69) is 262 Å². The average molecular weight is 918 g/mol. The van der Waals surface area contributed by atoms with Crippen LogP contribution in [0.3, 0.4) is 0 Å². The maximum Gasteiger partial charge on any atom is 0.139 e. The third-order valence-corrected chi connectivity index (χ3v) is 14.5. The number of benzene rings is 9. The number of nitrogens with zero attached hydrogens (tertiary/aromatic N) is 7. The Morgan fingerprint density at radius 3 is 1.45 bits per heavy atom. The number of para-hydroxylation sites is 7. The molecule has 0 aliphatic carbocycles. The van der Waals surface area contributed by atoms with Gasteiger partial charge in [-0.05, 0) is 78.9 Å². The number of hydrogen-bond donors (Lipinski definition) is 0. The highest BCUT2D eigenvalue weighted by atomic mass is 16.5. The number of ether oxygens (including phenoxy) is 1. The monoisotopic (exact) mass is 917 g/mol. The van der Waals surface area contributed by atoms with Gasteiger partial charge < -0.3 is 28.6 Å². The summed E-state index contributed by atoms with van der Waals surface area (Å²) in [6.07, 6.45) is 2.09. The molecule has 1 aliphatic rings. The standard InChI is InChI=1S/C63H47N7O/c1-65(2)60-38-62(70-55-29-13-8-24-48(55)49-35-34-43(37-61(49)70)71-42-19-16-18-41(36-42)67-40-66(3)56-30-14-15-31-57(56)67)64-39-50(60)63-58(68-51-25-9-4-20-44(51)45-21-5-10-26-52(45)68)32-17-33-59(63)69-53-27-11-6-22-46(53)47-23-7-12-28-54(47)69/h4-39H,40H2,1-3H3. The molecule has 340 valence electrons. The van der Waals surface area contributed by atoms with E-state index in [9.17, 15) is 0 Å². The van der Waals surface area contributed by atoms with Gasteiger partial charge in [0.2, 0.25) is 0 Å². The Kier molecular flexibility index (Phi) is 9.13. The Morgan fingerprint density at radius 1 is 0.423 bits per heavy atom. The van der Waals surface area contributed by atoms with Crippen molar-refractivity contribution in [3.63, 3.8) is 0 Å². The topological polar surface area (TPSA) is 46.6 Å². The molecule has 0 amide bonds. The quantitative estimate of drug-likeness (QED) is 0.152. The fraction of sp³-hybridized carbons (Fsp3) is 0.0635. The molecule has 1 aliphatic heterocycles. The highest BCUT2D eigenvalue weighted by Crippen LogP contribution is 2.46. The fourth-order valence-electron chi connectivity index (χ4n) is 11.4. The minimum absolute atomic E-state index is 0.748. The van der Waals surface area contributed by atoms with Crippen molar-refractivity contribution in [1.82, 2.24) is 18.7 Å². The third kappa shape index (κ3) is 6.27. The van der Waals surface area contributed by atoms with Crippen molar-refractivity contribution in [2.45, 2.75) is 0 Å². The SMILES string of the molecule is CN(C)c1cc(-n2c3ccccc3c3ccc(Oc4cccc(N5CN(C)c6ccccc65)c4)cc32)ncc1-c1c(-n2c3ccccc3c3ccccc32)cccc1-n1c2ccccc2c2ccccc21. The second kappa shape index (κ2) is 15.9. The summed E-state index contributed by atoms with van der Waals surface area (Å²) in [5.41, 5.74) is 15.4. The van der Waals surface area contributed by atoms with E-state index in [0.29, 0.717) is 0 Å². The van der Waals surface area contributed by atoms with Crippen LogP contribution in [0.5, 0.6) is 11.5 Å². The summed E-state index contributed by atoms with van der Waals surface area (Å²) in [5, 5.41) is 7.13. The normalized spacial score (nSPS) is 12.6. The van der Waals surface area contributed by atoms with Gasteiger partial charge in [-0.2, -0.15) is 0 Å². The highest BCUT2D eigenvalue weighted by Gasteiger charge is 2.27. The van der Waals surface area contributed by atoms with Crippen LogP contribution in [-0.2, 0) is 0 Å². The molecule has 0 saturated heterocycles. The Balaban J connectivity index is 0.966. The van der Waals surface area contributed by atoms with Gasteiger partial charge in [0, 0.05) is 100 Å². The summed E-state index contributed by atoms with van der Waals surface area (Å²) in [6, 6.07) is 75.9. The van der Waals surface area contributed by atoms with Gasteiger partial charge in [0.05, 0.1) is 62.5 Å². The molecule has 0 N–H and O–H groups in total. The van der Waals surface area contributed by atoms with E-state index in [1.807, 2.05) is 6.07 Å². The maximum atomic E-state index is 6.76. The fourth-order valence-corrected chi connectivity index (χ4v) is 11.4. The lowest BCUT2D eigenvalue weighted by atomic mass is 9.99. The lowest BCUT2D eigenvalue weighted by Gasteiger charge is -2.24. The summed E-state index contributed by atoms with van der Waals surface area (Å²) in [7, 11) is 6.40. The Bertz CT molecular complexity index is 4030. The Morgan fingerprint density at radius 2 is 0.887 bits per heavy atom. The molecule has 14 rings (SSSR count). The van der Waals surface area contributed by atoms with Crippen molar-refractivity contribution in [1.29, 1.82) is 0 Å². The van der Waals surface area contributed by atoms with Crippen molar-refractivity contribution in [3.8, 4) is 39.8 Å². The van der Waals surface area contributed by atoms with Gasteiger partial charge in [-0.15, -0.1) is 0 Å². The molecule has 5 heterocycles. The molecule has 8 heteroatoms. The molecule has 0 fully saturated rings. The van der Waals surface area contributed by atoms with Gasteiger partial charge in [-0.25, -0.2) is 4.98 Å². The molecule has 0 unspecified atom stereocenters. The first-order valence-electron chi connectivity index (χ1n) is 24.2. The van der Waals surface area contributed by atoms with E-state index in [0.717, 1.165) is 102 Å². The van der Waals surface area contributed by atoms with Crippen molar-refractivity contribution >= 4 is 88.2 Å². The molecule has 0 radical (unpaired) electrons. The van der Waals surface area contributed by atoms with Crippen LogP contribution in [-0.4, -0.2) is 46.5 Å². The van der Waals surface area contributed by atoms with Crippen LogP contribution in [0, 0.1) is 0 Å². The van der Waals surface area contributed by atoms with Crippen LogP contribution in [0.1, 0.15) is 0 Å². The van der Waals surface area contributed by atoms with Crippen LogP contribution < -0.4 is 19.4 Å². The van der Waals surface area contributed by atoms with Crippen LogP contribution in [0.4, 0.5) is 22.7 Å². The summed E-state index contributed by atoms with van der Waals surface area (Å²) in [4.78, 5) is 12.3. The van der Waals surface area contributed by atoms with Crippen molar-refractivity contribution in [3.05, 3.63) is 219 Å². The van der Waals surface area contributed by atoms with E-state index >= 15 is 0 Å². The molecule has 71 heavy (non-hydrogen) atoms. The first-order valence-corrected chi connectivity index (χ1v) is 24.2. The summed E-state index contributed by atoms with van der Waals surface area (Å²) >= 11 is 0. The molecular formula is C63H47N7O. The van der Waals surface area contributed by atoms with Gasteiger partial charge in [0.15, 0.2) is 0 Å². The van der Waals surface area contributed by atoms with Gasteiger partial charge in [0.1, 0.15) is 17.3 Å². The van der Waals surface area contributed by atoms with E-state index in [4.69, 9.17) is 9.72 Å². The molecule has 13 aromatic rings. The summed E-state index contributed by atoms with van der Waals surface area (Å²) in [6.45, 7) is 0.767. The molecular weight excluding hydrogens is 871 g/mol. The van der Waals surface area contributed by atoms with Crippen LogP contribution in [0.15, 0.2) is 219 Å². The van der Waals surface area contributed by atoms with Crippen LogP contribution in [0.25, 0.3) is 93.7 Å². The van der Waals surface area contributed by atoms with Gasteiger partial charge in [0.25, 0.3) is 0 Å². The predicted octanol–water partition coefficient (Wildman–Crippen LogP) is 15.4. The van der Waals surface area contributed by atoms with Crippen molar-refractivity contribution in [2.75, 3.05) is 42.5 Å². The molecule has 8 nitrogen and oxygen atoms in total. The lowest BCUT2D eigenvalue weighted by molar-refractivity contribution is 0.483. The van der Waals surface area contributed by atoms with Gasteiger partial charge in [-0.3, -0.25) is 4.57 Å². The molecule has 4 aromatic heterocycles. The number of fused-ring (bicyclic) bond motifs is 10. The van der Waals surface area contributed by atoms with Gasteiger partial charge in [-0.1, -0.05) is 115 Å². The first kappa shape index (κ1) is 40.8. The van der Waals surface area contributed by atoms with Crippen LogP contribution in [0.2, 0.25) is 0 Å².